The van der Waals surface area contributed by atoms with Crippen LogP contribution in [-0.4, -0.2) is 10.9 Å². The highest BCUT2D eigenvalue weighted by molar-refractivity contribution is 9.10. The highest BCUT2D eigenvalue weighted by Gasteiger charge is 2.08. The minimum atomic E-state index is -0.405. The van der Waals surface area contributed by atoms with E-state index in [1.165, 1.54) is 6.20 Å². The van der Waals surface area contributed by atoms with E-state index < -0.39 is 5.91 Å². The summed E-state index contributed by atoms with van der Waals surface area (Å²) < 4.78 is 6.25. The third-order valence-corrected chi connectivity index (χ3v) is 4.06. The lowest BCUT2D eigenvalue weighted by molar-refractivity contribution is 0.0953. The monoisotopic (exact) mass is 389 g/mol. The van der Waals surface area contributed by atoms with Crippen LogP contribution >= 0.6 is 39.1 Å². The summed E-state index contributed by atoms with van der Waals surface area (Å²) in [7, 11) is 0. The van der Waals surface area contributed by atoms with Gasteiger partial charge in [-0.05, 0) is 34.1 Å². The van der Waals surface area contributed by atoms with Crippen molar-refractivity contribution in [2.24, 2.45) is 5.84 Å². The van der Waals surface area contributed by atoms with E-state index in [4.69, 9.17) is 33.8 Å². The van der Waals surface area contributed by atoms with Crippen LogP contribution in [0.5, 0.6) is 5.75 Å². The normalized spacial score (nSPS) is 10.3. The molecule has 110 valence electrons. The third kappa shape index (κ3) is 4.07. The predicted molar refractivity (Wildman–Crippen MR) is 84.4 cm³/mol. The lowest BCUT2D eigenvalue weighted by Crippen LogP contribution is -2.30. The second-order valence-electron chi connectivity index (χ2n) is 4.00. The van der Waals surface area contributed by atoms with Gasteiger partial charge in [0, 0.05) is 16.7 Å². The number of pyridine rings is 1. The molecule has 8 heteroatoms. The first-order chi connectivity index (χ1) is 10.0. The van der Waals surface area contributed by atoms with Gasteiger partial charge in [-0.15, -0.1) is 0 Å². The maximum atomic E-state index is 11.3. The SMILES string of the molecule is NNC(=O)c1ccc(COc2cc(Cl)c(Br)cc2Cl)nc1. The molecule has 2 aromatic rings. The Hall–Kier alpha value is -1.34. The summed E-state index contributed by atoms with van der Waals surface area (Å²) in [5.74, 6) is 5.09. The zero-order valence-electron chi connectivity index (χ0n) is 10.6. The third-order valence-electron chi connectivity index (χ3n) is 2.57. The number of aromatic nitrogens is 1. The molecule has 0 unspecified atom stereocenters. The molecule has 1 amide bonds. The number of carbonyl (C=O) groups excluding carboxylic acids is 1. The molecule has 2 rings (SSSR count). The van der Waals surface area contributed by atoms with Crippen LogP contribution < -0.4 is 16.0 Å². The van der Waals surface area contributed by atoms with E-state index in [1.54, 1.807) is 24.3 Å². The van der Waals surface area contributed by atoms with Crippen LogP contribution in [-0.2, 0) is 6.61 Å². The van der Waals surface area contributed by atoms with Crippen molar-refractivity contribution in [1.82, 2.24) is 10.4 Å². The average molecular weight is 391 g/mol. The van der Waals surface area contributed by atoms with Gasteiger partial charge in [0.05, 0.1) is 21.3 Å². The number of rotatable bonds is 4. The molecule has 0 aliphatic carbocycles. The Morgan fingerprint density at radius 1 is 1.33 bits per heavy atom. The quantitative estimate of drug-likeness (QED) is 0.363. The molecule has 1 heterocycles. The van der Waals surface area contributed by atoms with Crippen LogP contribution in [0.25, 0.3) is 0 Å². The lowest BCUT2D eigenvalue weighted by atomic mass is 10.2. The summed E-state index contributed by atoms with van der Waals surface area (Å²) >= 11 is 15.3. The zero-order valence-corrected chi connectivity index (χ0v) is 13.7. The second kappa shape index (κ2) is 7.09. The van der Waals surface area contributed by atoms with Crippen LogP contribution in [0.3, 0.4) is 0 Å². The van der Waals surface area contributed by atoms with Crippen LogP contribution in [0.4, 0.5) is 0 Å². The van der Waals surface area contributed by atoms with Gasteiger partial charge < -0.3 is 4.74 Å². The molecule has 0 bridgehead atoms. The number of nitrogens with one attached hydrogen (secondary N) is 1. The Balaban J connectivity index is 2.06. The fourth-order valence-electron chi connectivity index (χ4n) is 1.49. The molecular weight excluding hydrogens is 381 g/mol. The fraction of sp³-hybridized carbons (Fsp3) is 0.0769. The Labute approximate surface area is 139 Å². The number of hydrogen-bond acceptors (Lipinski definition) is 4. The number of amides is 1. The number of hydrogen-bond donors (Lipinski definition) is 2. The maximum Gasteiger partial charge on any atom is 0.266 e. The molecule has 0 fully saturated rings. The summed E-state index contributed by atoms with van der Waals surface area (Å²) in [6.07, 6.45) is 1.41. The van der Waals surface area contributed by atoms with Gasteiger partial charge in [0.25, 0.3) is 5.91 Å². The van der Waals surface area contributed by atoms with Crippen molar-refractivity contribution in [2.75, 3.05) is 0 Å². The minimum absolute atomic E-state index is 0.197. The van der Waals surface area contributed by atoms with Gasteiger partial charge in [-0.25, -0.2) is 5.84 Å². The molecule has 1 aromatic carbocycles. The first-order valence-electron chi connectivity index (χ1n) is 5.74. The van der Waals surface area contributed by atoms with Crippen molar-refractivity contribution in [2.45, 2.75) is 6.61 Å². The molecule has 0 saturated heterocycles. The number of benzene rings is 1. The Morgan fingerprint density at radius 3 is 2.71 bits per heavy atom. The van der Waals surface area contributed by atoms with Gasteiger partial charge in [0.15, 0.2) is 0 Å². The van der Waals surface area contributed by atoms with Crippen molar-refractivity contribution in [3.63, 3.8) is 0 Å². The molecular formula is C13H10BrCl2N3O2. The van der Waals surface area contributed by atoms with Crippen LogP contribution in [0, 0.1) is 0 Å². The standard InChI is InChI=1S/C13H10BrCl2N3O2/c14-9-3-11(16)12(4-10(9)15)21-6-8-2-1-7(5-18-8)13(20)19-17/h1-5H,6,17H2,(H,19,20). The molecule has 0 aliphatic rings. The van der Waals surface area contributed by atoms with E-state index in [1.807, 2.05) is 5.43 Å². The molecule has 0 atom stereocenters. The van der Waals surface area contributed by atoms with Crippen LogP contribution in [0.15, 0.2) is 34.9 Å². The summed E-state index contributed by atoms with van der Waals surface area (Å²) in [5, 5.41) is 0.933. The number of nitrogens with two attached hydrogens (primary N) is 1. The maximum absolute atomic E-state index is 11.3. The van der Waals surface area contributed by atoms with Crippen LogP contribution in [0.2, 0.25) is 10.0 Å². The van der Waals surface area contributed by atoms with Gasteiger partial charge in [0.1, 0.15) is 12.4 Å². The molecule has 5 nitrogen and oxygen atoms in total. The fourth-order valence-corrected chi connectivity index (χ4v) is 2.34. The Morgan fingerprint density at radius 2 is 2.10 bits per heavy atom. The van der Waals surface area contributed by atoms with E-state index in [9.17, 15) is 4.79 Å². The number of ether oxygens (including phenoxy) is 1. The number of hydrazine groups is 1. The van der Waals surface area contributed by atoms with E-state index >= 15 is 0 Å². The first-order valence-corrected chi connectivity index (χ1v) is 7.29. The number of carbonyl (C=O) groups is 1. The lowest BCUT2D eigenvalue weighted by Gasteiger charge is -2.09. The van der Waals surface area contributed by atoms with Gasteiger partial charge in [-0.2, -0.15) is 0 Å². The van der Waals surface area contributed by atoms with Crippen molar-refractivity contribution in [3.8, 4) is 5.75 Å². The molecule has 0 radical (unpaired) electrons. The van der Waals surface area contributed by atoms with Crippen LogP contribution in [0.1, 0.15) is 16.1 Å². The summed E-state index contributed by atoms with van der Waals surface area (Å²) in [4.78, 5) is 15.4. The largest absolute Gasteiger partial charge is 0.486 e. The summed E-state index contributed by atoms with van der Waals surface area (Å²) in [6.45, 7) is 0.197. The smallest absolute Gasteiger partial charge is 0.266 e. The van der Waals surface area contributed by atoms with E-state index in [0.717, 1.165) is 0 Å². The molecule has 0 spiro atoms. The first kappa shape index (κ1) is 16.0. The Kier molecular flexibility index (Phi) is 5.41. The van der Waals surface area contributed by atoms with Gasteiger partial charge in [-0.3, -0.25) is 15.2 Å². The number of nitrogens with zero attached hydrogens (tertiary/aromatic N) is 1. The topological polar surface area (TPSA) is 77.2 Å². The van der Waals surface area contributed by atoms with Crippen molar-refractivity contribution >= 4 is 45.0 Å². The van der Waals surface area contributed by atoms with Crippen molar-refractivity contribution < 1.29 is 9.53 Å². The summed E-state index contributed by atoms with van der Waals surface area (Å²) in [6, 6.07) is 6.54. The predicted octanol–water partition coefficient (Wildman–Crippen LogP) is 3.33. The van der Waals surface area contributed by atoms with E-state index in [2.05, 4.69) is 20.9 Å². The van der Waals surface area contributed by atoms with Gasteiger partial charge >= 0.3 is 0 Å². The number of halogens is 3. The average Bonchev–Trinajstić information content (AvgIpc) is 2.49. The van der Waals surface area contributed by atoms with E-state index in [0.29, 0.717) is 31.5 Å². The Bertz CT molecular complexity index is 665. The highest BCUT2D eigenvalue weighted by atomic mass is 79.9. The molecule has 3 N–H and O–H groups in total. The minimum Gasteiger partial charge on any atom is -0.486 e. The van der Waals surface area contributed by atoms with Crippen molar-refractivity contribution in [1.29, 1.82) is 0 Å². The summed E-state index contributed by atoms with van der Waals surface area (Å²) in [5.41, 5.74) is 3.04. The van der Waals surface area contributed by atoms with Gasteiger partial charge in [0.2, 0.25) is 0 Å². The van der Waals surface area contributed by atoms with Crippen molar-refractivity contribution in [3.05, 3.63) is 56.2 Å². The highest BCUT2D eigenvalue weighted by Crippen LogP contribution is 2.34. The zero-order chi connectivity index (χ0) is 15.4. The van der Waals surface area contributed by atoms with Gasteiger partial charge in [-0.1, -0.05) is 23.2 Å². The van der Waals surface area contributed by atoms with E-state index in [-0.39, 0.29) is 6.61 Å². The second-order valence-corrected chi connectivity index (χ2v) is 5.67. The molecule has 1 aromatic heterocycles. The molecule has 0 saturated carbocycles. The molecule has 21 heavy (non-hydrogen) atoms. The number of nitrogen functional groups attached to an aromatic ring is 1. The molecule has 0 aliphatic heterocycles.